The summed E-state index contributed by atoms with van der Waals surface area (Å²) < 4.78 is 2.28. The van der Waals surface area contributed by atoms with Gasteiger partial charge in [0.1, 0.15) is 5.82 Å². The van der Waals surface area contributed by atoms with Crippen LogP contribution in [-0.2, 0) is 17.8 Å². The number of carbonyl (C=O) groups is 1. The van der Waals surface area contributed by atoms with Crippen molar-refractivity contribution in [3.8, 4) is 0 Å². The van der Waals surface area contributed by atoms with Gasteiger partial charge in [0.15, 0.2) is 0 Å². The van der Waals surface area contributed by atoms with Crippen molar-refractivity contribution >= 4 is 22.6 Å². The third-order valence-corrected chi connectivity index (χ3v) is 6.01. The van der Waals surface area contributed by atoms with Crippen LogP contribution < -0.4 is 4.90 Å². The summed E-state index contributed by atoms with van der Waals surface area (Å²) in [4.78, 5) is 19.8. The van der Waals surface area contributed by atoms with Crippen LogP contribution in [0.4, 0.5) is 5.69 Å². The second-order valence-corrected chi connectivity index (χ2v) is 7.96. The van der Waals surface area contributed by atoms with Crippen molar-refractivity contribution in [2.24, 2.45) is 0 Å². The fraction of sp³-hybridized carbons (Fsp3) is 0.231. The van der Waals surface area contributed by atoms with Crippen LogP contribution in [0.25, 0.3) is 11.0 Å². The Bertz CT molecular complexity index is 1180. The van der Waals surface area contributed by atoms with Crippen LogP contribution >= 0.6 is 0 Å². The molecule has 0 spiro atoms. The molecule has 0 N–H and O–H groups in total. The minimum Gasteiger partial charge on any atom is -0.323 e. The molecule has 5 rings (SSSR count). The third kappa shape index (κ3) is 3.39. The predicted molar refractivity (Wildman–Crippen MR) is 121 cm³/mol. The number of anilines is 1. The van der Waals surface area contributed by atoms with Crippen molar-refractivity contribution in [1.29, 1.82) is 0 Å². The van der Waals surface area contributed by atoms with Gasteiger partial charge in [0.25, 0.3) is 0 Å². The maximum atomic E-state index is 12.9. The van der Waals surface area contributed by atoms with Crippen LogP contribution in [0.3, 0.4) is 0 Å². The molecule has 1 aliphatic heterocycles. The lowest BCUT2D eigenvalue weighted by atomic mass is 10.1. The topological polar surface area (TPSA) is 38.1 Å². The number of fused-ring (bicyclic) bond motifs is 1. The first-order chi connectivity index (χ1) is 14.7. The molecule has 4 heteroatoms. The molecule has 2 heterocycles. The molecule has 1 saturated heterocycles. The van der Waals surface area contributed by atoms with Gasteiger partial charge in [0, 0.05) is 31.1 Å². The van der Waals surface area contributed by atoms with Gasteiger partial charge in [-0.1, -0.05) is 61.5 Å². The highest BCUT2D eigenvalue weighted by atomic mass is 16.2. The molecule has 0 saturated carbocycles. The number of carbonyl (C=O) groups excluding carboxylic acids is 1. The Morgan fingerprint density at radius 1 is 0.900 bits per heavy atom. The van der Waals surface area contributed by atoms with E-state index in [1.54, 1.807) is 0 Å². The molecule has 0 bridgehead atoms. The lowest BCUT2D eigenvalue weighted by Gasteiger charge is -2.18. The van der Waals surface area contributed by atoms with Crippen molar-refractivity contribution in [1.82, 2.24) is 9.55 Å². The molecule has 1 aliphatic rings. The maximum absolute atomic E-state index is 12.9. The average molecular weight is 396 g/mol. The zero-order valence-electron chi connectivity index (χ0n) is 17.2. The van der Waals surface area contributed by atoms with Crippen molar-refractivity contribution in [3.05, 3.63) is 95.8 Å². The summed E-state index contributed by atoms with van der Waals surface area (Å²) in [6.45, 7) is 3.57. The number of aromatic nitrogens is 2. The Balaban J connectivity index is 1.50. The van der Waals surface area contributed by atoms with Crippen LogP contribution in [-0.4, -0.2) is 22.0 Å². The van der Waals surface area contributed by atoms with Crippen molar-refractivity contribution in [2.45, 2.75) is 32.2 Å². The maximum Gasteiger partial charge on any atom is 0.227 e. The summed E-state index contributed by atoms with van der Waals surface area (Å²) in [7, 11) is 0. The molecule has 0 radical (unpaired) electrons. The van der Waals surface area contributed by atoms with Gasteiger partial charge in [-0.3, -0.25) is 4.79 Å². The van der Waals surface area contributed by atoms with E-state index in [1.165, 1.54) is 11.1 Å². The number of hydrogen-bond acceptors (Lipinski definition) is 2. The molecule has 3 aromatic carbocycles. The molecule has 4 aromatic rings. The van der Waals surface area contributed by atoms with E-state index in [0.717, 1.165) is 35.5 Å². The standard InChI is InChI=1S/C26H25N3O/c1-2-19-12-14-22(15-13-19)28-18-21(16-25(28)30)26-27-23-10-6-7-11-24(23)29(26)17-20-8-4-3-5-9-20/h3-15,21H,2,16-18H2,1H3/t21-/m0/s1. The van der Waals surface area contributed by atoms with Gasteiger partial charge >= 0.3 is 0 Å². The molecular weight excluding hydrogens is 370 g/mol. The van der Waals surface area contributed by atoms with E-state index in [1.807, 2.05) is 17.0 Å². The molecule has 4 nitrogen and oxygen atoms in total. The molecule has 1 fully saturated rings. The number of nitrogens with zero attached hydrogens (tertiary/aromatic N) is 3. The summed E-state index contributed by atoms with van der Waals surface area (Å²) >= 11 is 0. The SMILES string of the molecule is CCc1ccc(N2C[C@@H](c3nc4ccccc4n3Cc3ccccc3)CC2=O)cc1. The predicted octanol–water partition coefficient (Wildman–Crippen LogP) is 5.17. The van der Waals surface area contributed by atoms with E-state index in [4.69, 9.17) is 4.98 Å². The molecule has 1 aromatic heterocycles. The van der Waals surface area contributed by atoms with Crippen LogP contribution in [0.15, 0.2) is 78.9 Å². The summed E-state index contributed by atoms with van der Waals surface area (Å²) in [5.74, 6) is 1.25. The second kappa shape index (κ2) is 7.79. The van der Waals surface area contributed by atoms with E-state index in [-0.39, 0.29) is 11.8 Å². The number of amides is 1. The summed E-state index contributed by atoms with van der Waals surface area (Å²) in [6, 6.07) is 27.0. The first kappa shape index (κ1) is 18.6. The summed E-state index contributed by atoms with van der Waals surface area (Å²) in [6.07, 6.45) is 1.49. The molecule has 30 heavy (non-hydrogen) atoms. The fourth-order valence-corrected chi connectivity index (χ4v) is 4.38. The number of aryl methyl sites for hydroxylation is 1. The molecule has 0 aliphatic carbocycles. The zero-order valence-corrected chi connectivity index (χ0v) is 17.2. The van der Waals surface area contributed by atoms with Gasteiger partial charge in [-0.15, -0.1) is 0 Å². The average Bonchev–Trinajstić information content (AvgIpc) is 3.35. The van der Waals surface area contributed by atoms with E-state index >= 15 is 0 Å². The quantitative estimate of drug-likeness (QED) is 0.468. The number of hydrogen-bond donors (Lipinski definition) is 0. The monoisotopic (exact) mass is 395 g/mol. The minimum atomic E-state index is 0.0828. The highest BCUT2D eigenvalue weighted by molar-refractivity contribution is 5.96. The minimum absolute atomic E-state index is 0.0828. The Labute approximate surface area is 176 Å². The van der Waals surface area contributed by atoms with Gasteiger partial charge in [0.2, 0.25) is 5.91 Å². The second-order valence-electron chi connectivity index (χ2n) is 7.96. The number of benzene rings is 3. The first-order valence-electron chi connectivity index (χ1n) is 10.6. The normalized spacial score (nSPS) is 16.5. The Kier molecular flexibility index (Phi) is 4.83. The van der Waals surface area contributed by atoms with Gasteiger partial charge in [0.05, 0.1) is 11.0 Å². The van der Waals surface area contributed by atoms with Gasteiger partial charge in [-0.05, 0) is 41.8 Å². The van der Waals surface area contributed by atoms with E-state index < -0.39 is 0 Å². The zero-order chi connectivity index (χ0) is 20.5. The van der Waals surface area contributed by atoms with Crippen molar-refractivity contribution < 1.29 is 4.79 Å². The van der Waals surface area contributed by atoms with Crippen molar-refractivity contribution in [2.75, 3.05) is 11.4 Å². The van der Waals surface area contributed by atoms with Crippen molar-refractivity contribution in [3.63, 3.8) is 0 Å². The highest BCUT2D eigenvalue weighted by Crippen LogP contribution is 2.33. The van der Waals surface area contributed by atoms with E-state index in [2.05, 4.69) is 78.2 Å². The van der Waals surface area contributed by atoms with Crippen LogP contribution in [0.2, 0.25) is 0 Å². The largest absolute Gasteiger partial charge is 0.323 e. The molecule has 1 atom stereocenters. The highest BCUT2D eigenvalue weighted by Gasteiger charge is 2.34. The summed E-state index contributed by atoms with van der Waals surface area (Å²) in [5, 5.41) is 0. The van der Waals surface area contributed by atoms with Gasteiger partial charge < -0.3 is 9.47 Å². The molecule has 150 valence electrons. The lowest BCUT2D eigenvalue weighted by Crippen LogP contribution is -2.24. The molecule has 1 amide bonds. The van der Waals surface area contributed by atoms with Gasteiger partial charge in [-0.25, -0.2) is 4.98 Å². The number of para-hydroxylation sites is 2. The smallest absolute Gasteiger partial charge is 0.227 e. The first-order valence-corrected chi connectivity index (χ1v) is 10.6. The molecular formula is C26H25N3O. The number of imidazole rings is 1. The Morgan fingerprint density at radius 2 is 1.63 bits per heavy atom. The van der Waals surface area contributed by atoms with Crippen LogP contribution in [0, 0.1) is 0 Å². The third-order valence-electron chi connectivity index (χ3n) is 6.01. The number of rotatable bonds is 5. The Morgan fingerprint density at radius 3 is 2.40 bits per heavy atom. The Hall–Kier alpha value is -3.40. The fourth-order valence-electron chi connectivity index (χ4n) is 4.38. The molecule has 0 unspecified atom stereocenters. The van der Waals surface area contributed by atoms with Gasteiger partial charge in [-0.2, -0.15) is 0 Å². The summed E-state index contributed by atoms with van der Waals surface area (Å²) in [5.41, 5.74) is 5.60. The van der Waals surface area contributed by atoms with E-state index in [0.29, 0.717) is 13.0 Å². The van der Waals surface area contributed by atoms with E-state index in [9.17, 15) is 4.79 Å². The lowest BCUT2D eigenvalue weighted by molar-refractivity contribution is -0.117. The van der Waals surface area contributed by atoms with Crippen LogP contribution in [0.5, 0.6) is 0 Å². The van der Waals surface area contributed by atoms with Crippen LogP contribution in [0.1, 0.15) is 36.2 Å².